The Kier molecular flexibility index (Phi) is 5.07. The van der Waals surface area contributed by atoms with E-state index < -0.39 is 0 Å². The largest absolute Gasteiger partial charge is 0.390 e. The van der Waals surface area contributed by atoms with Gasteiger partial charge >= 0.3 is 0 Å². The van der Waals surface area contributed by atoms with Crippen LogP contribution in [0.4, 0.5) is 0 Å². The van der Waals surface area contributed by atoms with E-state index >= 15 is 0 Å². The molecule has 0 spiro atoms. The van der Waals surface area contributed by atoms with Crippen molar-refractivity contribution in [3.8, 4) is 0 Å². The van der Waals surface area contributed by atoms with E-state index in [2.05, 4.69) is 25.9 Å². The van der Waals surface area contributed by atoms with Crippen molar-refractivity contribution in [2.24, 2.45) is 0 Å². The van der Waals surface area contributed by atoms with Crippen LogP contribution < -0.4 is 0 Å². The van der Waals surface area contributed by atoms with Crippen LogP contribution in [0.3, 0.4) is 0 Å². The number of aliphatic hydroxyl groups excluding tert-OH is 1. The fourth-order valence-electron chi connectivity index (χ4n) is 2.62. The zero-order chi connectivity index (χ0) is 15.6. The molecular formula is C16H28N2O3. The van der Waals surface area contributed by atoms with Crippen molar-refractivity contribution >= 4 is 0 Å². The van der Waals surface area contributed by atoms with E-state index in [1.165, 1.54) is 0 Å². The van der Waals surface area contributed by atoms with Crippen molar-refractivity contribution in [3.05, 3.63) is 17.5 Å². The molecule has 0 unspecified atom stereocenters. The molecule has 21 heavy (non-hydrogen) atoms. The van der Waals surface area contributed by atoms with Crippen LogP contribution in [0.2, 0.25) is 0 Å². The minimum absolute atomic E-state index is 0.0255. The van der Waals surface area contributed by atoms with E-state index in [9.17, 15) is 5.11 Å². The lowest BCUT2D eigenvalue weighted by atomic mass is 9.92. The molecule has 1 aromatic rings. The quantitative estimate of drug-likeness (QED) is 0.920. The van der Waals surface area contributed by atoms with Gasteiger partial charge in [-0.15, -0.1) is 0 Å². The van der Waals surface area contributed by atoms with Gasteiger partial charge in [0, 0.05) is 24.4 Å². The van der Waals surface area contributed by atoms with Gasteiger partial charge in [-0.2, -0.15) is 0 Å². The molecule has 0 radical (unpaired) electrons. The molecule has 1 aliphatic heterocycles. The van der Waals surface area contributed by atoms with Gasteiger partial charge in [-0.05, 0) is 26.9 Å². The van der Waals surface area contributed by atoms with Crippen LogP contribution in [0.25, 0.3) is 0 Å². The van der Waals surface area contributed by atoms with Gasteiger partial charge in [-0.25, -0.2) is 0 Å². The van der Waals surface area contributed by atoms with Crippen molar-refractivity contribution in [2.45, 2.75) is 63.8 Å². The number of hydrogen-bond acceptors (Lipinski definition) is 5. The Hall–Kier alpha value is -0.910. The molecular weight excluding hydrogens is 268 g/mol. The van der Waals surface area contributed by atoms with Crippen molar-refractivity contribution < 1.29 is 14.4 Å². The molecule has 120 valence electrons. The van der Waals surface area contributed by atoms with Gasteiger partial charge in [0.15, 0.2) is 0 Å². The van der Waals surface area contributed by atoms with E-state index in [0.29, 0.717) is 0 Å². The second-order valence-corrected chi connectivity index (χ2v) is 7.34. The smallest absolute Gasteiger partial charge is 0.142 e. The molecule has 1 fully saturated rings. The van der Waals surface area contributed by atoms with E-state index in [-0.39, 0.29) is 23.7 Å². The van der Waals surface area contributed by atoms with Gasteiger partial charge in [-0.3, -0.25) is 0 Å². The fraction of sp³-hybridized carbons (Fsp3) is 0.812. The average molecular weight is 296 g/mol. The van der Waals surface area contributed by atoms with Crippen LogP contribution in [-0.4, -0.2) is 54.1 Å². The third-order valence-corrected chi connectivity index (χ3v) is 3.86. The van der Waals surface area contributed by atoms with Gasteiger partial charge < -0.3 is 19.3 Å². The Bertz CT molecular complexity index is 451. The molecule has 5 nitrogen and oxygen atoms in total. The molecule has 5 heteroatoms. The molecule has 2 rings (SSSR count). The maximum absolute atomic E-state index is 10.0. The van der Waals surface area contributed by atoms with Crippen LogP contribution >= 0.6 is 0 Å². The maximum Gasteiger partial charge on any atom is 0.142 e. The lowest BCUT2D eigenvalue weighted by Gasteiger charge is -2.35. The Labute approximate surface area is 127 Å². The molecule has 1 aromatic heterocycles. The standard InChI is InChI=1S/C16H28N2O3/c1-16(2,3)15-9-11(17-21-15)8-12-6-7-13(19)14(20-12)10-18(4)5/h9,12-14,19H,6-8,10H2,1-5H3/t12-,13-,14+/m0/s1. The molecule has 2 heterocycles. The SMILES string of the molecule is CN(C)C[C@H]1O[C@H](Cc2cc(C(C)(C)C)on2)CC[C@@H]1O. The first-order chi connectivity index (χ1) is 9.75. The van der Waals surface area contributed by atoms with Crippen LogP contribution in [0.1, 0.15) is 45.1 Å². The molecule has 0 bridgehead atoms. The maximum atomic E-state index is 10.0. The molecule has 0 saturated carbocycles. The van der Waals surface area contributed by atoms with Crippen LogP contribution in [0.15, 0.2) is 10.6 Å². The van der Waals surface area contributed by atoms with Gasteiger partial charge in [0.1, 0.15) is 5.76 Å². The summed E-state index contributed by atoms with van der Waals surface area (Å²) in [5.74, 6) is 0.901. The lowest BCUT2D eigenvalue weighted by molar-refractivity contribution is -0.122. The lowest BCUT2D eigenvalue weighted by Crippen LogP contribution is -2.45. The number of hydrogen-bond donors (Lipinski definition) is 1. The Morgan fingerprint density at radius 1 is 1.33 bits per heavy atom. The van der Waals surface area contributed by atoms with Gasteiger partial charge in [0.25, 0.3) is 0 Å². The summed E-state index contributed by atoms with van der Waals surface area (Å²) >= 11 is 0. The van der Waals surface area contributed by atoms with Crippen LogP contribution in [0, 0.1) is 0 Å². The number of ether oxygens (including phenoxy) is 1. The number of likely N-dealkylation sites (N-methyl/N-ethyl adjacent to an activating group) is 1. The van der Waals surface area contributed by atoms with Crippen LogP contribution in [0.5, 0.6) is 0 Å². The Morgan fingerprint density at radius 2 is 2.05 bits per heavy atom. The summed E-state index contributed by atoms with van der Waals surface area (Å²) in [6.07, 6.45) is 2.02. The summed E-state index contributed by atoms with van der Waals surface area (Å²) < 4.78 is 11.5. The highest BCUT2D eigenvalue weighted by Gasteiger charge is 2.31. The molecule has 1 N–H and O–H groups in total. The third kappa shape index (κ3) is 4.53. The second kappa shape index (κ2) is 6.46. The minimum Gasteiger partial charge on any atom is -0.390 e. The average Bonchev–Trinajstić information content (AvgIpc) is 2.81. The highest BCUT2D eigenvalue weighted by molar-refractivity contribution is 5.13. The third-order valence-electron chi connectivity index (χ3n) is 3.86. The molecule has 1 saturated heterocycles. The van der Waals surface area contributed by atoms with Crippen LogP contribution in [-0.2, 0) is 16.6 Å². The summed E-state index contributed by atoms with van der Waals surface area (Å²) in [6, 6.07) is 2.02. The monoisotopic (exact) mass is 296 g/mol. The Balaban J connectivity index is 1.95. The zero-order valence-electron chi connectivity index (χ0n) is 13.8. The van der Waals surface area contributed by atoms with Gasteiger partial charge in [0.2, 0.25) is 0 Å². The topological polar surface area (TPSA) is 58.7 Å². The van der Waals surface area contributed by atoms with Crippen molar-refractivity contribution in [2.75, 3.05) is 20.6 Å². The van der Waals surface area contributed by atoms with Crippen molar-refractivity contribution in [3.63, 3.8) is 0 Å². The zero-order valence-corrected chi connectivity index (χ0v) is 13.8. The highest BCUT2D eigenvalue weighted by atomic mass is 16.5. The highest BCUT2D eigenvalue weighted by Crippen LogP contribution is 2.26. The van der Waals surface area contributed by atoms with Gasteiger partial charge in [-0.1, -0.05) is 25.9 Å². The summed E-state index contributed by atoms with van der Waals surface area (Å²) in [4.78, 5) is 2.05. The van der Waals surface area contributed by atoms with E-state index in [4.69, 9.17) is 9.26 Å². The molecule has 0 aliphatic carbocycles. The minimum atomic E-state index is -0.369. The summed E-state index contributed by atoms with van der Waals surface area (Å²) in [7, 11) is 3.99. The first-order valence-corrected chi connectivity index (χ1v) is 7.70. The van der Waals surface area contributed by atoms with Crippen molar-refractivity contribution in [1.82, 2.24) is 10.1 Å². The number of rotatable bonds is 4. The number of nitrogens with zero attached hydrogens (tertiary/aromatic N) is 2. The first kappa shape index (κ1) is 16.5. The second-order valence-electron chi connectivity index (χ2n) is 7.34. The van der Waals surface area contributed by atoms with E-state index in [1.807, 2.05) is 25.1 Å². The van der Waals surface area contributed by atoms with E-state index in [1.54, 1.807) is 0 Å². The predicted octanol–water partition coefficient (Wildman–Crippen LogP) is 1.98. The number of aliphatic hydroxyl groups is 1. The summed E-state index contributed by atoms with van der Waals surface area (Å²) in [5.41, 5.74) is 0.910. The molecule has 0 amide bonds. The molecule has 1 aliphatic rings. The predicted molar refractivity (Wildman–Crippen MR) is 81.4 cm³/mol. The normalized spacial score (nSPS) is 27.3. The van der Waals surface area contributed by atoms with Gasteiger partial charge in [0.05, 0.1) is 24.0 Å². The Morgan fingerprint density at radius 3 is 2.62 bits per heavy atom. The number of aromatic nitrogens is 1. The molecule has 0 aromatic carbocycles. The fourth-order valence-corrected chi connectivity index (χ4v) is 2.62. The summed E-state index contributed by atoms with van der Waals surface area (Å²) in [5, 5.41) is 14.2. The van der Waals surface area contributed by atoms with Crippen molar-refractivity contribution in [1.29, 1.82) is 0 Å². The first-order valence-electron chi connectivity index (χ1n) is 7.70. The molecule has 3 atom stereocenters. The van der Waals surface area contributed by atoms with E-state index in [0.717, 1.165) is 37.3 Å². The summed E-state index contributed by atoms with van der Waals surface area (Å²) in [6.45, 7) is 7.07.